The molecule has 2 aliphatic rings. The number of aryl methyl sites for hydroxylation is 1. The van der Waals surface area contributed by atoms with E-state index in [0.717, 1.165) is 37.2 Å². The van der Waals surface area contributed by atoms with Crippen LogP contribution in [0.3, 0.4) is 0 Å². The minimum Gasteiger partial charge on any atom is -0.378 e. The Balaban J connectivity index is 1.34. The van der Waals surface area contributed by atoms with E-state index in [0.29, 0.717) is 50.0 Å². The fraction of sp³-hybridized carbons (Fsp3) is 0.545. The van der Waals surface area contributed by atoms with Crippen LogP contribution in [0.2, 0.25) is 0 Å². The molecule has 0 radical (unpaired) electrons. The Bertz CT molecular complexity index is 1550. The third-order valence-electron chi connectivity index (χ3n) is 9.34. The summed E-state index contributed by atoms with van der Waals surface area (Å²) in [6.07, 6.45) is 6.19. The van der Waals surface area contributed by atoms with Crippen molar-refractivity contribution in [2.24, 2.45) is 11.8 Å². The van der Waals surface area contributed by atoms with E-state index in [9.17, 15) is 19.2 Å². The molecule has 1 aliphatic carbocycles. The molecule has 252 valence electrons. The van der Waals surface area contributed by atoms with Gasteiger partial charge in [-0.25, -0.2) is 4.39 Å². The van der Waals surface area contributed by atoms with Gasteiger partial charge in [0.1, 0.15) is 22.4 Å². The number of aromatic nitrogens is 4. The fourth-order valence-corrected chi connectivity index (χ4v) is 6.83. The summed E-state index contributed by atoms with van der Waals surface area (Å²) < 4.78 is 26.4. The van der Waals surface area contributed by atoms with Crippen LogP contribution in [-0.4, -0.2) is 86.2 Å². The highest BCUT2D eigenvalue weighted by atomic mass is 32.1. The van der Waals surface area contributed by atoms with Gasteiger partial charge in [-0.3, -0.25) is 23.9 Å². The molecular formula is C33H42FN7O5S. The van der Waals surface area contributed by atoms with Crippen molar-refractivity contribution in [1.29, 1.82) is 0 Å². The van der Waals surface area contributed by atoms with Gasteiger partial charge < -0.3 is 20.3 Å². The summed E-state index contributed by atoms with van der Waals surface area (Å²) in [5.41, 5.74) is 1.06. The quantitative estimate of drug-likeness (QED) is 0.299. The number of halogens is 1. The van der Waals surface area contributed by atoms with Crippen molar-refractivity contribution in [3.8, 4) is 0 Å². The van der Waals surface area contributed by atoms with Crippen molar-refractivity contribution in [1.82, 2.24) is 34.9 Å². The number of morpholine rings is 1. The molecule has 0 bridgehead atoms. The fourth-order valence-electron chi connectivity index (χ4n) is 6.41. The Morgan fingerprint density at radius 2 is 1.81 bits per heavy atom. The highest BCUT2D eigenvalue weighted by molar-refractivity contribution is 7.07. The summed E-state index contributed by atoms with van der Waals surface area (Å²) in [6, 6.07) is 4.43. The molecular weight excluding hydrogens is 625 g/mol. The number of carbonyl (C=O) groups is 4. The third-order valence-corrected chi connectivity index (χ3v) is 10.0. The minimum atomic E-state index is -0.987. The number of benzene rings is 1. The monoisotopic (exact) mass is 667 g/mol. The van der Waals surface area contributed by atoms with Crippen molar-refractivity contribution in [3.63, 3.8) is 0 Å². The largest absolute Gasteiger partial charge is 0.378 e. The first-order chi connectivity index (χ1) is 22.7. The smallest absolute Gasteiger partial charge is 0.270 e. The lowest BCUT2D eigenvalue weighted by Gasteiger charge is -2.33. The number of Topliss-reactive ketones (excluding diaryl/α,β-unsaturated/α-hetero) is 1. The van der Waals surface area contributed by atoms with E-state index in [-0.39, 0.29) is 40.4 Å². The third kappa shape index (κ3) is 8.28. The number of amides is 3. The van der Waals surface area contributed by atoms with Crippen LogP contribution in [0, 0.1) is 17.7 Å². The van der Waals surface area contributed by atoms with Crippen LogP contribution in [0.5, 0.6) is 0 Å². The Kier molecular flexibility index (Phi) is 11.5. The molecule has 0 unspecified atom stereocenters. The van der Waals surface area contributed by atoms with Gasteiger partial charge in [0.2, 0.25) is 5.91 Å². The maximum atomic E-state index is 15.8. The molecule has 3 amide bonds. The second kappa shape index (κ2) is 15.7. The second-order valence-electron chi connectivity index (χ2n) is 12.5. The Hall–Kier alpha value is -4.04. The average Bonchev–Trinajstić information content (AvgIpc) is 3.80. The summed E-state index contributed by atoms with van der Waals surface area (Å²) >= 11 is 0.914. The zero-order valence-corrected chi connectivity index (χ0v) is 27.8. The molecule has 1 saturated carbocycles. The van der Waals surface area contributed by atoms with Gasteiger partial charge >= 0.3 is 0 Å². The van der Waals surface area contributed by atoms with Gasteiger partial charge in [-0.05, 0) is 66.4 Å². The van der Waals surface area contributed by atoms with E-state index >= 15 is 4.39 Å². The molecule has 12 nitrogen and oxygen atoms in total. The molecule has 3 aromatic rings. The number of nitrogens with zero attached hydrogens (tertiary/aromatic N) is 5. The first-order valence-electron chi connectivity index (χ1n) is 16.2. The van der Waals surface area contributed by atoms with Crippen LogP contribution in [0.25, 0.3) is 0 Å². The summed E-state index contributed by atoms with van der Waals surface area (Å²) in [6.45, 7) is 7.88. The normalized spacial score (nSPS) is 20.2. The summed E-state index contributed by atoms with van der Waals surface area (Å²) in [5, 5.41) is 13.7. The van der Waals surface area contributed by atoms with Crippen molar-refractivity contribution in [2.45, 2.75) is 77.4 Å². The SMILES string of the molecule is CCn1nccc1C(=O)N[C@H](C(=O)Cc1ccc([C@H](C)[C@@H](NC(=O)c2cnns2)C(=O)N2CCOCC2)cc1F)C1CCC(C)CC1. The maximum absolute atomic E-state index is 15.8. The maximum Gasteiger partial charge on any atom is 0.270 e. The predicted octanol–water partition coefficient (Wildman–Crippen LogP) is 3.39. The van der Waals surface area contributed by atoms with E-state index in [1.807, 2.05) is 6.92 Å². The number of nitrogens with one attached hydrogen (secondary N) is 2. The van der Waals surface area contributed by atoms with Crippen LogP contribution in [-0.2, 0) is 27.3 Å². The number of carbonyl (C=O) groups excluding carboxylic acids is 4. The molecule has 2 aromatic heterocycles. The highest BCUT2D eigenvalue weighted by Gasteiger charge is 2.35. The van der Waals surface area contributed by atoms with E-state index < -0.39 is 29.7 Å². The van der Waals surface area contributed by atoms with E-state index in [1.54, 1.807) is 40.9 Å². The second-order valence-corrected chi connectivity index (χ2v) is 13.2. The number of hydrogen-bond acceptors (Lipinski definition) is 9. The topological polar surface area (TPSA) is 148 Å². The van der Waals surface area contributed by atoms with Gasteiger partial charge in [-0.2, -0.15) is 5.10 Å². The molecule has 14 heteroatoms. The molecule has 0 spiro atoms. The van der Waals surface area contributed by atoms with E-state index in [4.69, 9.17) is 4.74 Å². The molecule has 5 rings (SSSR count). The predicted molar refractivity (Wildman–Crippen MR) is 172 cm³/mol. The van der Waals surface area contributed by atoms with Crippen LogP contribution < -0.4 is 10.6 Å². The average molecular weight is 668 g/mol. The molecule has 1 saturated heterocycles. The van der Waals surface area contributed by atoms with Crippen LogP contribution in [0.1, 0.15) is 83.7 Å². The minimum absolute atomic E-state index is 0.0488. The lowest BCUT2D eigenvalue weighted by atomic mass is 9.77. The Morgan fingerprint density at radius 3 is 2.47 bits per heavy atom. The van der Waals surface area contributed by atoms with Crippen LogP contribution in [0.4, 0.5) is 4.39 Å². The zero-order chi connectivity index (χ0) is 33.5. The number of ether oxygens (including phenoxy) is 1. The van der Waals surface area contributed by atoms with Gasteiger partial charge in [0, 0.05) is 38.2 Å². The molecule has 2 N–H and O–H groups in total. The Morgan fingerprint density at radius 1 is 1.06 bits per heavy atom. The highest BCUT2D eigenvalue weighted by Crippen LogP contribution is 2.32. The summed E-state index contributed by atoms with van der Waals surface area (Å²) in [4.78, 5) is 55.5. The van der Waals surface area contributed by atoms with Gasteiger partial charge in [0.05, 0.1) is 25.5 Å². The molecule has 1 aromatic carbocycles. The first-order valence-corrected chi connectivity index (χ1v) is 17.0. The summed E-state index contributed by atoms with van der Waals surface area (Å²) in [5.74, 6) is -2.12. The van der Waals surface area contributed by atoms with Gasteiger partial charge in [-0.1, -0.05) is 43.3 Å². The van der Waals surface area contributed by atoms with Crippen molar-refractivity contribution >= 4 is 35.0 Å². The van der Waals surface area contributed by atoms with Gasteiger partial charge in [-0.15, -0.1) is 5.10 Å². The number of ketones is 1. The van der Waals surface area contributed by atoms with Crippen molar-refractivity contribution in [3.05, 3.63) is 64.2 Å². The number of hydrogen-bond donors (Lipinski definition) is 2. The van der Waals surface area contributed by atoms with Crippen molar-refractivity contribution < 1.29 is 28.3 Å². The Labute approximate surface area is 277 Å². The zero-order valence-electron chi connectivity index (χ0n) is 27.0. The van der Waals surface area contributed by atoms with E-state index in [2.05, 4.69) is 32.2 Å². The molecule has 1 aliphatic heterocycles. The standard InChI is InChI=1S/C33H42FN7O5S/c1-4-41-26(11-12-36-41)31(43)38-30(22-7-5-20(2)6-8-22)27(42)18-24-10-9-23(17-25(24)34)21(3)29(33(45)40-13-15-46-16-14-40)37-32(44)28-19-35-39-47-28/h9-12,17,19-22,29-30H,4-8,13-16,18H2,1-3H3,(H,37,44)(H,38,43)/t20?,21-,22?,29+,30-/m0/s1. The van der Waals surface area contributed by atoms with Gasteiger partial charge in [0.25, 0.3) is 11.8 Å². The molecule has 2 fully saturated rings. The summed E-state index contributed by atoms with van der Waals surface area (Å²) in [7, 11) is 0. The first kappa shape index (κ1) is 34.3. The molecule has 3 heterocycles. The van der Waals surface area contributed by atoms with E-state index in [1.165, 1.54) is 12.3 Å². The molecule has 3 atom stereocenters. The molecule has 47 heavy (non-hydrogen) atoms. The number of rotatable bonds is 12. The van der Waals surface area contributed by atoms with Crippen LogP contribution >= 0.6 is 11.5 Å². The van der Waals surface area contributed by atoms with Gasteiger partial charge in [0.15, 0.2) is 5.78 Å². The lowest BCUT2D eigenvalue weighted by molar-refractivity contribution is -0.137. The van der Waals surface area contributed by atoms with Crippen LogP contribution in [0.15, 0.2) is 36.7 Å². The van der Waals surface area contributed by atoms with Crippen molar-refractivity contribution in [2.75, 3.05) is 26.3 Å². The lowest BCUT2D eigenvalue weighted by Crippen LogP contribution is -2.53.